The molecule has 0 radical (unpaired) electrons. The molecule has 2 amide bonds. The van der Waals surface area contributed by atoms with E-state index in [9.17, 15) is 18.0 Å². The van der Waals surface area contributed by atoms with Crippen molar-refractivity contribution in [3.8, 4) is 0 Å². The third kappa shape index (κ3) is 3.70. The van der Waals surface area contributed by atoms with E-state index < -0.39 is 10.1 Å². The van der Waals surface area contributed by atoms with Crippen LogP contribution in [0.15, 0.2) is 41.4 Å². The van der Waals surface area contributed by atoms with Crippen molar-refractivity contribution in [2.45, 2.75) is 45.6 Å². The largest absolute Gasteiger partial charge is 0.286 e. The van der Waals surface area contributed by atoms with Gasteiger partial charge >= 0.3 is 0 Å². The van der Waals surface area contributed by atoms with Crippen molar-refractivity contribution >= 4 is 33.3 Å². The van der Waals surface area contributed by atoms with Gasteiger partial charge in [-0.05, 0) is 54.7 Å². The van der Waals surface area contributed by atoms with Gasteiger partial charge in [-0.2, -0.15) is 8.42 Å². The highest BCUT2D eigenvalue weighted by Gasteiger charge is 2.38. The Hall–Kier alpha value is -2.84. The van der Waals surface area contributed by atoms with Crippen molar-refractivity contribution in [2.75, 3.05) is 5.75 Å². The summed E-state index contributed by atoms with van der Waals surface area (Å²) in [5.74, 6) is -1.03. The minimum atomic E-state index is -4.08. The van der Waals surface area contributed by atoms with E-state index in [0.29, 0.717) is 17.5 Å². The van der Waals surface area contributed by atoms with Gasteiger partial charge in [-0.1, -0.05) is 32.0 Å². The Kier molecular flexibility index (Phi) is 5.10. The maximum atomic E-state index is 12.9. The highest BCUT2D eigenvalue weighted by molar-refractivity contribution is 7.85. The number of fused-ring (bicyclic) bond motifs is 2. The Labute approximate surface area is 181 Å². The fraction of sp³-hybridized carbons (Fsp3) is 0.348. The molecular weight excluding hydrogens is 416 g/mol. The van der Waals surface area contributed by atoms with Gasteiger partial charge in [0.2, 0.25) is 0 Å². The number of nitrogens with zero attached hydrogens (tertiary/aromatic N) is 2. The van der Waals surface area contributed by atoms with Gasteiger partial charge in [-0.3, -0.25) is 24.0 Å². The summed E-state index contributed by atoms with van der Waals surface area (Å²) >= 11 is 0. The molecular formula is C23H24N2O5S. The van der Waals surface area contributed by atoms with Crippen LogP contribution in [-0.4, -0.2) is 41.1 Å². The molecule has 2 aliphatic heterocycles. The van der Waals surface area contributed by atoms with Crippen LogP contribution in [-0.2, 0) is 28.5 Å². The lowest BCUT2D eigenvalue weighted by atomic mass is 9.77. The zero-order valence-electron chi connectivity index (χ0n) is 17.7. The Morgan fingerprint density at radius 2 is 1.65 bits per heavy atom. The van der Waals surface area contributed by atoms with Crippen LogP contribution < -0.4 is 0 Å². The van der Waals surface area contributed by atoms with Gasteiger partial charge < -0.3 is 0 Å². The third-order valence-corrected chi connectivity index (χ3v) is 7.05. The Bertz CT molecular complexity index is 1210. The minimum Gasteiger partial charge on any atom is -0.286 e. The predicted octanol–water partition coefficient (Wildman–Crippen LogP) is 3.69. The molecule has 2 aromatic rings. The predicted molar refractivity (Wildman–Crippen MR) is 118 cm³/mol. The fourth-order valence-electron chi connectivity index (χ4n) is 4.39. The first-order valence-corrected chi connectivity index (χ1v) is 11.7. The van der Waals surface area contributed by atoms with Crippen molar-refractivity contribution in [3.05, 3.63) is 64.2 Å². The van der Waals surface area contributed by atoms with Crippen molar-refractivity contribution in [2.24, 2.45) is 4.99 Å². The van der Waals surface area contributed by atoms with E-state index in [1.807, 2.05) is 19.1 Å². The molecule has 31 heavy (non-hydrogen) atoms. The maximum Gasteiger partial charge on any atom is 0.264 e. The van der Waals surface area contributed by atoms with E-state index in [1.54, 1.807) is 24.3 Å². The summed E-state index contributed by atoms with van der Waals surface area (Å²) in [5, 5.41) is 0. The number of amides is 2. The van der Waals surface area contributed by atoms with Gasteiger partial charge in [-0.15, -0.1) is 0 Å². The van der Waals surface area contributed by atoms with E-state index in [4.69, 9.17) is 4.55 Å². The van der Waals surface area contributed by atoms with Crippen LogP contribution in [0.3, 0.4) is 0 Å². The topological polar surface area (TPSA) is 104 Å². The lowest BCUT2D eigenvalue weighted by Crippen LogP contribution is -2.30. The number of hydrogen-bond donors (Lipinski definition) is 1. The molecule has 0 atom stereocenters. The van der Waals surface area contributed by atoms with E-state index in [1.165, 1.54) is 4.90 Å². The third-order valence-electron chi connectivity index (χ3n) is 6.24. The summed E-state index contributed by atoms with van der Waals surface area (Å²) in [7, 11) is -4.08. The molecule has 0 saturated heterocycles. The molecule has 162 valence electrons. The molecule has 2 aromatic carbocycles. The van der Waals surface area contributed by atoms with E-state index in [2.05, 4.69) is 18.8 Å². The van der Waals surface area contributed by atoms with Gasteiger partial charge in [-0.25, -0.2) is 0 Å². The Balaban J connectivity index is 1.73. The number of carbonyl (C=O) groups is 2. The van der Waals surface area contributed by atoms with Crippen LogP contribution in [0.4, 0.5) is 5.69 Å². The number of aliphatic imine (C=N–C) groups is 1. The Morgan fingerprint density at radius 1 is 1.03 bits per heavy atom. The molecule has 7 nitrogen and oxygen atoms in total. The molecule has 0 unspecified atom stereocenters. The summed E-state index contributed by atoms with van der Waals surface area (Å²) < 4.78 is 31.6. The molecule has 0 aliphatic carbocycles. The van der Waals surface area contributed by atoms with Gasteiger partial charge in [0.15, 0.2) is 0 Å². The molecule has 0 fully saturated rings. The molecule has 0 bridgehead atoms. The van der Waals surface area contributed by atoms with Crippen molar-refractivity contribution in [1.82, 2.24) is 4.90 Å². The molecule has 1 N–H and O–H groups in total. The summed E-state index contributed by atoms with van der Waals surface area (Å²) in [6.45, 7) is 6.15. The van der Waals surface area contributed by atoms with E-state index in [0.717, 1.165) is 28.1 Å². The second-order valence-corrected chi connectivity index (χ2v) is 10.1. The SMILES string of the molecule is CC1=Nc2ccc(CN3C(=O)c4ccccc4C3=O)c(CCCS(=O)(=O)O)c2C1(C)C. The van der Waals surface area contributed by atoms with Gasteiger partial charge in [0, 0.05) is 11.1 Å². The smallest absolute Gasteiger partial charge is 0.264 e. The van der Waals surface area contributed by atoms with Crippen LogP contribution in [0.2, 0.25) is 0 Å². The standard InChI is InChI=1S/C23H24N2O5S/c1-14-23(2,3)20-16(9-6-12-31(28,29)30)15(10-11-19(20)24-14)13-25-21(26)17-7-4-5-8-18(17)22(25)27/h4-5,7-8,10-11H,6,9,12-13H2,1-3H3,(H,28,29,30). The van der Waals surface area contributed by atoms with Crippen LogP contribution >= 0.6 is 0 Å². The summed E-state index contributed by atoms with van der Waals surface area (Å²) in [6, 6.07) is 10.5. The zero-order chi connectivity index (χ0) is 22.6. The first-order valence-electron chi connectivity index (χ1n) is 10.1. The highest BCUT2D eigenvalue weighted by atomic mass is 32.2. The molecule has 2 aliphatic rings. The summed E-state index contributed by atoms with van der Waals surface area (Å²) in [6.07, 6.45) is 0.604. The van der Waals surface area contributed by atoms with Crippen molar-refractivity contribution in [3.63, 3.8) is 0 Å². The fourth-order valence-corrected chi connectivity index (χ4v) is 4.90. The summed E-state index contributed by atoms with van der Waals surface area (Å²) in [5.41, 5.74) is 4.81. The van der Waals surface area contributed by atoms with Crippen LogP contribution in [0, 0.1) is 0 Å². The lowest BCUT2D eigenvalue weighted by Gasteiger charge is -2.26. The van der Waals surface area contributed by atoms with Crippen LogP contribution in [0.5, 0.6) is 0 Å². The van der Waals surface area contributed by atoms with Crippen molar-refractivity contribution in [1.29, 1.82) is 0 Å². The molecule has 2 heterocycles. The van der Waals surface area contributed by atoms with Gasteiger partial charge in [0.1, 0.15) is 0 Å². The maximum absolute atomic E-state index is 12.9. The summed E-state index contributed by atoms with van der Waals surface area (Å²) in [4.78, 5) is 31.6. The molecule has 0 aromatic heterocycles. The second-order valence-electron chi connectivity index (χ2n) is 8.55. The lowest BCUT2D eigenvalue weighted by molar-refractivity contribution is 0.0642. The zero-order valence-corrected chi connectivity index (χ0v) is 18.5. The first-order chi connectivity index (χ1) is 14.5. The van der Waals surface area contributed by atoms with E-state index >= 15 is 0 Å². The van der Waals surface area contributed by atoms with Gasteiger partial charge in [0.05, 0.1) is 29.1 Å². The quantitative estimate of drug-likeness (QED) is 0.545. The molecule has 4 rings (SSSR count). The monoisotopic (exact) mass is 440 g/mol. The number of benzene rings is 2. The normalized spacial score (nSPS) is 17.0. The first kappa shape index (κ1) is 21.4. The van der Waals surface area contributed by atoms with Crippen molar-refractivity contribution < 1.29 is 22.6 Å². The number of imide groups is 1. The molecule has 0 saturated carbocycles. The highest BCUT2D eigenvalue weighted by Crippen LogP contribution is 2.44. The van der Waals surface area contributed by atoms with Crippen LogP contribution in [0.1, 0.15) is 64.6 Å². The molecule has 0 spiro atoms. The number of carbonyl (C=O) groups excluding carboxylic acids is 2. The number of rotatable bonds is 6. The average molecular weight is 441 g/mol. The van der Waals surface area contributed by atoms with E-state index in [-0.39, 0.29) is 35.9 Å². The van der Waals surface area contributed by atoms with Gasteiger partial charge in [0.25, 0.3) is 21.9 Å². The second kappa shape index (κ2) is 7.39. The minimum absolute atomic E-state index is 0.0932. The number of hydrogen-bond acceptors (Lipinski definition) is 5. The average Bonchev–Trinajstić information content (AvgIpc) is 3.07. The Morgan fingerprint density at radius 3 is 2.23 bits per heavy atom. The molecule has 8 heteroatoms. The van der Waals surface area contributed by atoms with Crippen LogP contribution in [0.25, 0.3) is 0 Å².